The number of nitrogens with zero attached hydrogens (tertiary/aromatic N) is 3. The Labute approximate surface area is 145 Å². The van der Waals surface area contributed by atoms with Crippen molar-refractivity contribution in [2.45, 2.75) is 11.1 Å². The molecule has 24 heavy (non-hydrogen) atoms. The zero-order valence-corrected chi connectivity index (χ0v) is 15.1. The summed E-state index contributed by atoms with van der Waals surface area (Å²) >= 11 is 1.22. The predicted octanol–water partition coefficient (Wildman–Crippen LogP) is 2.73. The second kappa shape index (κ2) is 6.84. The number of rotatable bonds is 6. The molecule has 0 spiro atoms. The minimum absolute atomic E-state index is 0.345. The first-order chi connectivity index (χ1) is 11.5. The Bertz CT molecular complexity index is 940. The van der Waals surface area contributed by atoms with Crippen LogP contribution < -0.4 is 5.32 Å². The first-order valence-electron chi connectivity index (χ1n) is 7.43. The highest BCUT2D eigenvalue weighted by molar-refractivity contribution is 7.91. The van der Waals surface area contributed by atoms with Crippen LogP contribution in [0.3, 0.4) is 0 Å². The van der Waals surface area contributed by atoms with Gasteiger partial charge in [-0.1, -0.05) is 17.7 Å². The van der Waals surface area contributed by atoms with E-state index < -0.39 is 10.0 Å². The molecule has 3 rings (SSSR count). The van der Waals surface area contributed by atoms with Gasteiger partial charge in [0.15, 0.2) is 0 Å². The zero-order valence-electron chi connectivity index (χ0n) is 13.4. The number of sulfonamides is 1. The Balaban J connectivity index is 1.70. The first-order valence-corrected chi connectivity index (χ1v) is 9.75. The molecule has 0 fully saturated rings. The summed E-state index contributed by atoms with van der Waals surface area (Å²) in [5.41, 5.74) is 1.98. The summed E-state index contributed by atoms with van der Waals surface area (Å²) in [5, 5.41) is 5.90. The summed E-state index contributed by atoms with van der Waals surface area (Å²) in [6.45, 7) is 2.82. The van der Waals surface area contributed by atoms with Crippen LogP contribution in [0.1, 0.15) is 5.56 Å². The average molecular weight is 362 g/mol. The van der Waals surface area contributed by atoms with Crippen molar-refractivity contribution in [2.24, 2.45) is 0 Å². The van der Waals surface area contributed by atoms with Crippen LogP contribution in [0.2, 0.25) is 0 Å². The Hall–Kier alpha value is -2.03. The van der Waals surface area contributed by atoms with Gasteiger partial charge in [0.05, 0.1) is 5.52 Å². The van der Waals surface area contributed by atoms with Crippen molar-refractivity contribution < 1.29 is 8.42 Å². The van der Waals surface area contributed by atoms with Crippen molar-refractivity contribution in [3.63, 3.8) is 0 Å². The van der Waals surface area contributed by atoms with Crippen LogP contribution in [-0.4, -0.2) is 42.8 Å². The fraction of sp³-hybridized carbons (Fsp3) is 0.250. The summed E-state index contributed by atoms with van der Waals surface area (Å²) < 4.78 is 26.5. The fourth-order valence-electron chi connectivity index (χ4n) is 2.33. The maximum absolute atomic E-state index is 12.4. The number of fused-ring (bicyclic) bond motifs is 1. The highest BCUT2D eigenvalue weighted by Gasteiger charge is 2.21. The molecule has 1 N–H and O–H groups in total. The molecular formula is C16H18N4O2S2. The van der Waals surface area contributed by atoms with Crippen LogP contribution in [0.15, 0.2) is 46.2 Å². The zero-order chi connectivity index (χ0) is 17.2. The fourth-order valence-corrected chi connectivity index (χ4v) is 4.70. The van der Waals surface area contributed by atoms with E-state index in [9.17, 15) is 8.42 Å². The van der Waals surface area contributed by atoms with E-state index in [-0.39, 0.29) is 0 Å². The lowest BCUT2D eigenvalue weighted by Gasteiger charge is -2.17. The molecule has 0 saturated carbocycles. The van der Waals surface area contributed by atoms with Gasteiger partial charge < -0.3 is 5.32 Å². The molecule has 0 aliphatic heterocycles. The van der Waals surface area contributed by atoms with Crippen LogP contribution in [0.5, 0.6) is 0 Å². The minimum atomic E-state index is -3.42. The van der Waals surface area contributed by atoms with Crippen molar-refractivity contribution >= 4 is 38.1 Å². The number of thiophene rings is 1. The van der Waals surface area contributed by atoms with Gasteiger partial charge in [-0.15, -0.1) is 11.3 Å². The van der Waals surface area contributed by atoms with Gasteiger partial charge in [0, 0.05) is 25.5 Å². The van der Waals surface area contributed by atoms with Crippen molar-refractivity contribution in [2.75, 3.05) is 25.5 Å². The molecule has 8 heteroatoms. The number of aromatic nitrogens is 2. The number of nitrogens with one attached hydrogen (secondary N) is 1. The van der Waals surface area contributed by atoms with Gasteiger partial charge in [0.1, 0.15) is 16.4 Å². The molecule has 0 aliphatic carbocycles. The third kappa shape index (κ3) is 3.40. The van der Waals surface area contributed by atoms with E-state index >= 15 is 0 Å². The smallest absolute Gasteiger partial charge is 0.252 e. The molecule has 0 atom stereocenters. The van der Waals surface area contributed by atoms with Gasteiger partial charge in [0.25, 0.3) is 10.0 Å². The maximum atomic E-state index is 12.4. The Morgan fingerprint density at radius 2 is 2.08 bits per heavy atom. The van der Waals surface area contributed by atoms with Crippen molar-refractivity contribution in [1.29, 1.82) is 0 Å². The second-order valence-electron chi connectivity index (χ2n) is 5.43. The standard InChI is InChI=1S/C16H18N4O2S2/c1-12-5-6-14-13(10-12)16(19-11-18-14)17-7-8-20(2)24(21,22)15-4-3-9-23-15/h3-6,9-11H,7-8H2,1-2H3,(H,17,18,19). The third-order valence-electron chi connectivity index (χ3n) is 3.67. The summed E-state index contributed by atoms with van der Waals surface area (Å²) in [6.07, 6.45) is 1.51. The molecule has 1 aromatic carbocycles. The van der Waals surface area contributed by atoms with Crippen LogP contribution in [0.25, 0.3) is 10.9 Å². The minimum Gasteiger partial charge on any atom is -0.368 e. The molecule has 2 aromatic heterocycles. The lowest BCUT2D eigenvalue weighted by atomic mass is 10.1. The number of anilines is 1. The molecule has 0 aliphatic rings. The topological polar surface area (TPSA) is 75.2 Å². The quantitative estimate of drug-likeness (QED) is 0.730. The summed E-state index contributed by atoms with van der Waals surface area (Å²) in [4.78, 5) is 8.51. The van der Waals surface area contributed by atoms with Crippen molar-refractivity contribution in [3.8, 4) is 0 Å². The van der Waals surface area contributed by atoms with Gasteiger partial charge in [-0.05, 0) is 30.5 Å². The van der Waals surface area contributed by atoms with Crippen LogP contribution in [0, 0.1) is 6.92 Å². The normalized spacial score (nSPS) is 12.0. The number of hydrogen-bond donors (Lipinski definition) is 1. The van der Waals surface area contributed by atoms with Crippen LogP contribution >= 0.6 is 11.3 Å². The number of benzene rings is 1. The SMILES string of the molecule is Cc1ccc2ncnc(NCCN(C)S(=O)(=O)c3cccs3)c2c1. The molecule has 0 radical (unpaired) electrons. The van der Waals surface area contributed by atoms with E-state index in [0.717, 1.165) is 16.5 Å². The molecule has 0 unspecified atom stereocenters. The van der Waals surface area contributed by atoms with E-state index in [1.807, 2.05) is 25.1 Å². The van der Waals surface area contributed by atoms with E-state index in [0.29, 0.717) is 23.1 Å². The Morgan fingerprint density at radius 3 is 2.83 bits per heavy atom. The maximum Gasteiger partial charge on any atom is 0.252 e. The third-order valence-corrected chi connectivity index (χ3v) is 6.90. The largest absolute Gasteiger partial charge is 0.368 e. The van der Waals surface area contributed by atoms with Crippen molar-refractivity contribution in [3.05, 3.63) is 47.6 Å². The monoisotopic (exact) mass is 362 g/mol. The van der Waals surface area contributed by atoms with Crippen LogP contribution in [-0.2, 0) is 10.0 Å². The number of hydrogen-bond acceptors (Lipinski definition) is 6. The van der Waals surface area contributed by atoms with Gasteiger partial charge >= 0.3 is 0 Å². The van der Waals surface area contributed by atoms with Gasteiger partial charge in [-0.25, -0.2) is 18.4 Å². The summed E-state index contributed by atoms with van der Waals surface area (Å²) in [6, 6.07) is 9.32. The van der Waals surface area contributed by atoms with Crippen molar-refractivity contribution in [1.82, 2.24) is 14.3 Å². The summed E-state index contributed by atoms with van der Waals surface area (Å²) in [5.74, 6) is 0.714. The van der Waals surface area contributed by atoms with E-state index in [2.05, 4.69) is 15.3 Å². The Kier molecular flexibility index (Phi) is 4.79. The highest BCUT2D eigenvalue weighted by Crippen LogP contribution is 2.21. The Morgan fingerprint density at radius 1 is 1.25 bits per heavy atom. The van der Waals surface area contributed by atoms with Gasteiger partial charge in [0.2, 0.25) is 0 Å². The number of likely N-dealkylation sites (N-methyl/N-ethyl adjacent to an activating group) is 1. The van der Waals surface area contributed by atoms with E-state index in [1.54, 1.807) is 24.6 Å². The summed E-state index contributed by atoms with van der Waals surface area (Å²) in [7, 11) is -1.84. The van der Waals surface area contributed by atoms with E-state index in [4.69, 9.17) is 0 Å². The lowest BCUT2D eigenvalue weighted by molar-refractivity contribution is 0.482. The molecule has 0 saturated heterocycles. The van der Waals surface area contributed by atoms with Crippen LogP contribution in [0.4, 0.5) is 5.82 Å². The van der Waals surface area contributed by atoms with Gasteiger partial charge in [-0.2, -0.15) is 4.31 Å². The van der Waals surface area contributed by atoms with E-state index in [1.165, 1.54) is 22.0 Å². The lowest BCUT2D eigenvalue weighted by Crippen LogP contribution is -2.31. The molecular weight excluding hydrogens is 344 g/mol. The number of aryl methyl sites for hydroxylation is 1. The molecule has 2 heterocycles. The molecule has 126 valence electrons. The second-order valence-corrected chi connectivity index (χ2v) is 8.65. The molecule has 6 nitrogen and oxygen atoms in total. The average Bonchev–Trinajstić information content (AvgIpc) is 3.10. The first kappa shape index (κ1) is 16.8. The molecule has 3 aromatic rings. The van der Waals surface area contributed by atoms with Gasteiger partial charge in [-0.3, -0.25) is 0 Å². The molecule has 0 bridgehead atoms. The highest BCUT2D eigenvalue weighted by atomic mass is 32.2. The molecule has 0 amide bonds. The predicted molar refractivity (Wildman–Crippen MR) is 96.9 cm³/mol.